The van der Waals surface area contributed by atoms with Gasteiger partial charge in [0.05, 0.1) is 0 Å². The molecule has 0 N–H and O–H groups in total. The molecule has 0 bridgehead atoms. The van der Waals surface area contributed by atoms with Crippen LogP contribution in [-0.4, -0.2) is 4.98 Å². The number of hydrogen-bond acceptors (Lipinski definition) is 2. The molecule has 0 saturated heterocycles. The highest BCUT2D eigenvalue weighted by Gasteiger charge is 2.01. The van der Waals surface area contributed by atoms with Gasteiger partial charge in [-0.25, -0.2) is 0 Å². The second kappa shape index (κ2) is 3.26. The highest BCUT2D eigenvalue weighted by Crippen LogP contribution is 2.19. The Bertz CT molecular complexity index is 256. The van der Waals surface area contributed by atoms with Gasteiger partial charge in [0.1, 0.15) is 0 Å². The lowest BCUT2D eigenvalue weighted by molar-refractivity contribution is 1.04. The molecule has 0 amide bonds. The summed E-state index contributed by atoms with van der Waals surface area (Å²) in [7, 11) is 0. The highest BCUT2D eigenvalue weighted by atomic mass is 32.1. The monoisotopic (exact) mass is 167 g/mol. The Labute approximate surface area is 73.3 Å². The summed E-state index contributed by atoms with van der Waals surface area (Å²) in [5.41, 5.74) is 3.53. The van der Waals surface area contributed by atoms with Gasteiger partial charge in [-0.15, -0.1) is 0 Å². The minimum atomic E-state index is 0.279. The van der Waals surface area contributed by atoms with Crippen molar-refractivity contribution in [2.24, 2.45) is 0 Å². The zero-order valence-corrected chi connectivity index (χ0v) is 8.02. The number of nitrogens with zero attached hydrogens (tertiary/aromatic N) is 1. The van der Waals surface area contributed by atoms with Gasteiger partial charge in [-0.3, -0.25) is 4.98 Å². The molecule has 0 spiro atoms. The Morgan fingerprint density at radius 3 is 2.55 bits per heavy atom. The van der Waals surface area contributed by atoms with Crippen molar-refractivity contribution in [1.82, 2.24) is 4.98 Å². The summed E-state index contributed by atoms with van der Waals surface area (Å²) >= 11 is 4.33. The van der Waals surface area contributed by atoms with Crippen LogP contribution in [0.1, 0.15) is 29.0 Å². The van der Waals surface area contributed by atoms with E-state index in [2.05, 4.69) is 37.5 Å². The van der Waals surface area contributed by atoms with Gasteiger partial charge in [0.15, 0.2) is 0 Å². The normalized spacial score (nSPS) is 13.1. The van der Waals surface area contributed by atoms with Crippen LogP contribution in [0.4, 0.5) is 0 Å². The van der Waals surface area contributed by atoms with Crippen LogP contribution in [0.15, 0.2) is 12.3 Å². The van der Waals surface area contributed by atoms with Gasteiger partial charge in [-0.1, -0.05) is 6.07 Å². The Hall–Kier alpha value is -0.500. The molecule has 11 heavy (non-hydrogen) atoms. The smallest absolute Gasteiger partial charge is 0.0402 e. The molecule has 1 aromatic rings. The first kappa shape index (κ1) is 8.60. The van der Waals surface area contributed by atoms with Crippen LogP contribution >= 0.6 is 12.6 Å². The van der Waals surface area contributed by atoms with Crippen LogP contribution < -0.4 is 0 Å². The quantitative estimate of drug-likeness (QED) is 0.634. The van der Waals surface area contributed by atoms with Gasteiger partial charge < -0.3 is 0 Å². The van der Waals surface area contributed by atoms with Gasteiger partial charge in [0, 0.05) is 17.1 Å². The molecule has 0 aromatic carbocycles. The van der Waals surface area contributed by atoms with E-state index >= 15 is 0 Å². The summed E-state index contributed by atoms with van der Waals surface area (Å²) < 4.78 is 0. The summed E-state index contributed by atoms with van der Waals surface area (Å²) in [6.45, 7) is 6.14. The van der Waals surface area contributed by atoms with Gasteiger partial charge in [-0.2, -0.15) is 12.6 Å². The second-order valence-electron chi connectivity index (χ2n) is 2.85. The SMILES string of the molecule is Cc1cc(C(C)S)cnc1C. The predicted molar refractivity (Wildman–Crippen MR) is 51.1 cm³/mol. The lowest BCUT2D eigenvalue weighted by Crippen LogP contribution is -1.91. The average Bonchev–Trinajstić information content (AvgIpc) is 1.94. The molecule has 1 aromatic heterocycles. The number of pyridine rings is 1. The summed E-state index contributed by atoms with van der Waals surface area (Å²) in [6, 6.07) is 2.14. The van der Waals surface area contributed by atoms with Gasteiger partial charge in [0.25, 0.3) is 0 Å². The highest BCUT2D eigenvalue weighted by molar-refractivity contribution is 7.80. The Morgan fingerprint density at radius 1 is 1.45 bits per heavy atom. The maximum absolute atomic E-state index is 4.33. The third-order valence-corrected chi connectivity index (χ3v) is 2.14. The molecule has 1 nitrogen and oxygen atoms in total. The molecule has 0 aliphatic rings. The van der Waals surface area contributed by atoms with Crippen molar-refractivity contribution in [3.63, 3.8) is 0 Å². The molecule has 0 aliphatic carbocycles. The molecule has 0 fully saturated rings. The van der Waals surface area contributed by atoms with E-state index in [1.54, 1.807) is 0 Å². The van der Waals surface area contributed by atoms with Crippen LogP contribution in [0.3, 0.4) is 0 Å². The maximum atomic E-state index is 4.33. The van der Waals surface area contributed by atoms with Crippen LogP contribution in [0.2, 0.25) is 0 Å². The fraction of sp³-hybridized carbons (Fsp3) is 0.444. The molecule has 60 valence electrons. The third-order valence-electron chi connectivity index (χ3n) is 1.84. The molecule has 1 rings (SSSR count). The van der Waals surface area contributed by atoms with Crippen molar-refractivity contribution < 1.29 is 0 Å². The van der Waals surface area contributed by atoms with Gasteiger partial charge >= 0.3 is 0 Å². The van der Waals surface area contributed by atoms with Crippen LogP contribution in [0, 0.1) is 13.8 Å². The molecular weight excluding hydrogens is 154 g/mol. The molecule has 0 saturated carbocycles. The standard InChI is InChI=1S/C9H13NS/c1-6-4-9(8(3)11)5-10-7(6)2/h4-5,8,11H,1-3H3. The first-order valence-corrected chi connectivity index (χ1v) is 4.24. The Balaban J connectivity index is 3.05. The van der Waals surface area contributed by atoms with E-state index < -0.39 is 0 Å². The molecule has 1 unspecified atom stereocenters. The Kier molecular flexibility index (Phi) is 2.55. The first-order valence-electron chi connectivity index (χ1n) is 3.72. The molecule has 0 radical (unpaired) electrons. The number of aromatic nitrogens is 1. The van der Waals surface area contributed by atoms with Crippen molar-refractivity contribution in [3.8, 4) is 0 Å². The summed E-state index contributed by atoms with van der Waals surface area (Å²) in [4.78, 5) is 4.25. The van der Waals surface area contributed by atoms with E-state index in [9.17, 15) is 0 Å². The largest absolute Gasteiger partial charge is 0.261 e. The number of thiol groups is 1. The van der Waals surface area contributed by atoms with Gasteiger partial charge in [-0.05, 0) is 31.9 Å². The average molecular weight is 167 g/mol. The van der Waals surface area contributed by atoms with Crippen LogP contribution in [0.25, 0.3) is 0 Å². The lowest BCUT2D eigenvalue weighted by Gasteiger charge is -2.05. The maximum Gasteiger partial charge on any atom is 0.0402 e. The van der Waals surface area contributed by atoms with E-state index in [4.69, 9.17) is 0 Å². The number of hydrogen-bond donors (Lipinski definition) is 1. The van der Waals surface area contributed by atoms with Crippen molar-refractivity contribution in [3.05, 3.63) is 29.1 Å². The molecular formula is C9H13NS. The molecule has 0 aliphatic heterocycles. The predicted octanol–water partition coefficient (Wildman–Crippen LogP) is 2.69. The third kappa shape index (κ3) is 1.96. The van der Waals surface area contributed by atoms with Gasteiger partial charge in [0.2, 0.25) is 0 Å². The van der Waals surface area contributed by atoms with Crippen molar-refractivity contribution in [2.75, 3.05) is 0 Å². The van der Waals surface area contributed by atoms with E-state index in [1.165, 1.54) is 11.1 Å². The number of rotatable bonds is 1. The van der Waals surface area contributed by atoms with E-state index in [0.717, 1.165) is 5.69 Å². The first-order chi connectivity index (χ1) is 5.11. The topological polar surface area (TPSA) is 12.9 Å². The number of aryl methyl sites for hydroxylation is 2. The minimum Gasteiger partial charge on any atom is -0.261 e. The van der Waals surface area contributed by atoms with Crippen LogP contribution in [0.5, 0.6) is 0 Å². The zero-order valence-electron chi connectivity index (χ0n) is 7.13. The lowest BCUT2D eigenvalue weighted by atomic mass is 10.1. The fourth-order valence-corrected chi connectivity index (χ4v) is 1.03. The summed E-state index contributed by atoms with van der Waals surface area (Å²) in [5, 5.41) is 0.279. The molecule has 2 heteroatoms. The van der Waals surface area contributed by atoms with Crippen molar-refractivity contribution in [2.45, 2.75) is 26.0 Å². The van der Waals surface area contributed by atoms with E-state index in [0.29, 0.717) is 0 Å². The summed E-state index contributed by atoms with van der Waals surface area (Å²) in [6.07, 6.45) is 1.89. The van der Waals surface area contributed by atoms with Crippen molar-refractivity contribution >= 4 is 12.6 Å². The Morgan fingerprint density at radius 2 is 2.09 bits per heavy atom. The van der Waals surface area contributed by atoms with E-state index in [1.807, 2.05) is 13.1 Å². The zero-order chi connectivity index (χ0) is 8.43. The summed E-state index contributed by atoms with van der Waals surface area (Å²) in [5.74, 6) is 0. The minimum absolute atomic E-state index is 0.279. The van der Waals surface area contributed by atoms with Crippen molar-refractivity contribution in [1.29, 1.82) is 0 Å². The van der Waals surface area contributed by atoms with E-state index in [-0.39, 0.29) is 5.25 Å². The fourth-order valence-electron chi connectivity index (χ4n) is 0.893. The molecule has 1 atom stereocenters. The second-order valence-corrected chi connectivity index (χ2v) is 3.62. The molecule has 1 heterocycles. The van der Waals surface area contributed by atoms with Crippen LogP contribution in [-0.2, 0) is 0 Å².